The number of aliphatic hydroxyl groups excluding tert-OH is 1. The molecule has 1 heteroatoms. The van der Waals surface area contributed by atoms with E-state index in [4.69, 9.17) is 0 Å². The van der Waals surface area contributed by atoms with Crippen LogP contribution >= 0.6 is 0 Å². The van der Waals surface area contributed by atoms with E-state index in [1.54, 1.807) is 0 Å². The second-order valence-corrected chi connectivity index (χ2v) is 3.39. The molecule has 0 aliphatic heterocycles. The Morgan fingerprint density at radius 2 is 2.09 bits per heavy atom. The van der Waals surface area contributed by atoms with Crippen molar-refractivity contribution in [1.29, 1.82) is 0 Å². The molecule has 61 valence electrons. The third-order valence-corrected chi connectivity index (χ3v) is 1.94. The predicted octanol–water partition coefficient (Wildman–Crippen LogP) is 3.01. The Morgan fingerprint density at radius 1 is 1.45 bits per heavy atom. The summed E-state index contributed by atoms with van der Waals surface area (Å²) in [6.07, 6.45) is 4.95. The van der Waals surface area contributed by atoms with E-state index in [-0.39, 0.29) is 0 Å². The summed E-state index contributed by atoms with van der Waals surface area (Å²) in [5.74, 6) is 0.878. The fourth-order valence-electron chi connectivity index (χ4n) is 1.28. The average molecular weight is 151 g/mol. The Labute approximate surface area is 68.4 Å². The highest BCUT2D eigenvalue weighted by Crippen LogP contribution is 2.26. The van der Waals surface area contributed by atoms with Crippen LogP contribution in [0.4, 0.5) is 0 Å². The summed E-state index contributed by atoms with van der Waals surface area (Å²) in [6, 6.07) is 0. The molecule has 0 saturated heterocycles. The zero-order valence-corrected chi connectivity index (χ0v) is 7.39. The highest BCUT2D eigenvalue weighted by Gasteiger charge is 2.13. The van der Waals surface area contributed by atoms with Gasteiger partial charge >= 0.3 is 0 Å². The Morgan fingerprint density at radius 3 is 2.55 bits per heavy atom. The summed E-state index contributed by atoms with van der Waals surface area (Å²) < 4.78 is 0. The molecule has 0 aromatic rings. The molecule has 1 radical (unpaired) electrons. The minimum Gasteiger partial charge on any atom is -0.508 e. The van der Waals surface area contributed by atoms with Gasteiger partial charge in [-0.3, -0.25) is 0 Å². The number of allylic oxidation sites excluding steroid dienone is 3. The highest BCUT2D eigenvalue weighted by molar-refractivity contribution is 5.35. The van der Waals surface area contributed by atoms with Crippen LogP contribution in [0, 0.1) is 12.3 Å². The third kappa shape index (κ3) is 1.86. The maximum Gasteiger partial charge on any atom is 0.115 e. The second kappa shape index (κ2) is 3.12. The molecule has 0 aromatic carbocycles. The fraction of sp³-hybridized carbons (Fsp3) is 0.500. The van der Waals surface area contributed by atoms with Gasteiger partial charge in [-0.1, -0.05) is 19.4 Å². The molecule has 0 atom stereocenters. The summed E-state index contributed by atoms with van der Waals surface area (Å²) in [7, 11) is 0. The van der Waals surface area contributed by atoms with Gasteiger partial charge in [-0.25, -0.2) is 0 Å². The van der Waals surface area contributed by atoms with E-state index in [2.05, 4.69) is 20.3 Å². The van der Waals surface area contributed by atoms with Gasteiger partial charge in [0.15, 0.2) is 0 Å². The van der Waals surface area contributed by atoms with Crippen LogP contribution in [0.15, 0.2) is 23.0 Å². The number of rotatable bonds is 1. The molecule has 1 aliphatic carbocycles. The standard InChI is InChI=1S/C10H15O/c1-7(2)9-5-4-8(3)6-10(9)11/h5-7,11H,4H2,1-3H3. The van der Waals surface area contributed by atoms with Gasteiger partial charge in [0, 0.05) is 0 Å². The molecule has 0 spiro atoms. The quantitative estimate of drug-likeness (QED) is 0.610. The first-order chi connectivity index (χ1) is 5.11. The average Bonchev–Trinajstić information content (AvgIpc) is 1.85. The highest BCUT2D eigenvalue weighted by atomic mass is 16.3. The van der Waals surface area contributed by atoms with Gasteiger partial charge < -0.3 is 5.11 Å². The Balaban J connectivity index is 2.86. The van der Waals surface area contributed by atoms with E-state index < -0.39 is 0 Å². The SMILES string of the molecule is CC1=CC(O)=C(C(C)C)[CH]C1. The lowest BCUT2D eigenvalue weighted by Crippen LogP contribution is -2.04. The van der Waals surface area contributed by atoms with Crippen molar-refractivity contribution in [1.82, 2.24) is 0 Å². The van der Waals surface area contributed by atoms with E-state index in [1.165, 1.54) is 5.57 Å². The summed E-state index contributed by atoms with van der Waals surface area (Å²) in [5.41, 5.74) is 2.31. The summed E-state index contributed by atoms with van der Waals surface area (Å²) in [5, 5.41) is 9.48. The monoisotopic (exact) mass is 151 g/mol. The molecule has 0 heterocycles. The van der Waals surface area contributed by atoms with Crippen molar-refractivity contribution in [2.24, 2.45) is 5.92 Å². The minimum absolute atomic E-state index is 0.430. The van der Waals surface area contributed by atoms with E-state index >= 15 is 0 Å². The molecule has 1 N–H and O–H groups in total. The summed E-state index contributed by atoms with van der Waals surface area (Å²) >= 11 is 0. The Kier molecular flexibility index (Phi) is 2.38. The molecule has 0 unspecified atom stereocenters. The minimum atomic E-state index is 0.430. The molecule has 1 rings (SSSR count). The van der Waals surface area contributed by atoms with Crippen molar-refractivity contribution in [2.75, 3.05) is 0 Å². The van der Waals surface area contributed by atoms with Crippen LogP contribution < -0.4 is 0 Å². The number of hydrogen-bond donors (Lipinski definition) is 1. The Hall–Kier alpha value is -0.720. The lowest BCUT2D eigenvalue weighted by molar-refractivity contribution is 0.414. The van der Waals surface area contributed by atoms with Crippen molar-refractivity contribution in [2.45, 2.75) is 27.2 Å². The van der Waals surface area contributed by atoms with Crippen LogP contribution in [0.3, 0.4) is 0 Å². The molecule has 0 amide bonds. The maximum atomic E-state index is 9.48. The van der Waals surface area contributed by atoms with E-state index in [9.17, 15) is 5.11 Å². The van der Waals surface area contributed by atoms with Gasteiger partial charge in [-0.2, -0.15) is 0 Å². The number of hydrogen-bond acceptors (Lipinski definition) is 1. The zero-order chi connectivity index (χ0) is 8.43. The van der Waals surface area contributed by atoms with Gasteiger partial charge in [0.05, 0.1) is 0 Å². The molecular weight excluding hydrogens is 136 g/mol. The zero-order valence-electron chi connectivity index (χ0n) is 7.39. The van der Waals surface area contributed by atoms with E-state index in [1.807, 2.05) is 13.0 Å². The number of aliphatic hydroxyl groups is 1. The first-order valence-electron chi connectivity index (χ1n) is 4.04. The first kappa shape index (κ1) is 8.38. The second-order valence-electron chi connectivity index (χ2n) is 3.39. The van der Waals surface area contributed by atoms with Crippen LogP contribution in [-0.2, 0) is 0 Å². The van der Waals surface area contributed by atoms with E-state index in [0.717, 1.165) is 12.0 Å². The molecule has 0 bridgehead atoms. The smallest absolute Gasteiger partial charge is 0.115 e. The van der Waals surface area contributed by atoms with Gasteiger partial charge in [-0.05, 0) is 37.3 Å². The molecule has 1 aliphatic rings. The normalized spacial score (nSPS) is 19.1. The van der Waals surface area contributed by atoms with Crippen molar-refractivity contribution >= 4 is 0 Å². The Bertz CT molecular complexity index is 209. The topological polar surface area (TPSA) is 20.2 Å². The molecule has 0 fully saturated rings. The van der Waals surface area contributed by atoms with Gasteiger partial charge in [-0.15, -0.1) is 0 Å². The fourth-order valence-corrected chi connectivity index (χ4v) is 1.28. The van der Waals surface area contributed by atoms with Gasteiger partial charge in [0.25, 0.3) is 0 Å². The molecule has 0 aromatic heterocycles. The summed E-state index contributed by atoms with van der Waals surface area (Å²) in [6.45, 7) is 6.22. The third-order valence-electron chi connectivity index (χ3n) is 1.94. The van der Waals surface area contributed by atoms with Crippen molar-refractivity contribution in [3.8, 4) is 0 Å². The largest absolute Gasteiger partial charge is 0.508 e. The van der Waals surface area contributed by atoms with Crippen LogP contribution in [0.25, 0.3) is 0 Å². The first-order valence-corrected chi connectivity index (χ1v) is 4.04. The van der Waals surface area contributed by atoms with Crippen LogP contribution in [0.2, 0.25) is 0 Å². The predicted molar refractivity (Wildman–Crippen MR) is 47.2 cm³/mol. The molecular formula is C10H15O. The molecule has 1 nitrogen and oxygen atoms in total. The van der Waals surface area contributed by atoms with Crippen LogP contribution in [0.1, 0.15) is 27.2 Å². The van der Waals surface area contributed by atoms with Crippen LogP contribution in [0.5, 0.6) is 0 Å². The van der Waals surface area contributed by atoms with Crippen molar-refractivity contribution < 1.29 is 5.11 Å². The lowest BCUT2D eigenvalue weighted by Gasteiger charge is -2.17. The molecule has 0 saturated carbocycles. The van der Waals surface area contributed by atoms with Crippen molar-refractivity contribution in [3.05, 3.63) is 29.4 Å². The summed E-state index contributed by atoms with van der Waals surface area (Å²) in [4.78, 5) is 0. The van der Waals surface area contributed by atoms with Crippen molar-refractivity contribution in [3.63, 3.8) is 0 Å². The van der Waals surface area contributed by atoms with Gasteiger partial charge in [0.2, 0.25) is 0 Å². The van der Waals surface area contributed by atoms with Gasteiger partial charge in [0.1, 0.15) is 5.76 Å². The lowest BCUT2D eigenvalue weighted by atomic mass is 9.91. The van der Waals surface area contributed by atoms with E-state index in [0.29, 0.717) is 11.7 Å². The van der Waals surface area contributed by atoms with Crippen LogP contribution in [-0.4, -0.2) is 5.11 Å². The molecule has 11 heavy (non-hydrogen) atoms. The maximum absolute atomic E-state index is 9.48.